The number of aliphatic imine (C=N–C) groups is 1. The van der Waals surface area contributed by atoms with E-state index in [0.29, 0.717) is 23.8 Å². The number of anilines is 1. The average molecular weight is 550 g/mol. The molecule has 0 fully saturated rings. The van der Waals surface area contributed by atoms with Gasteiger partial charge in [-0.2, -0.15) is 5.10 Å². The molecule has 0 spiro atoms. The molecule has 1 heterocycles. The van der Waals surface area contributed by atoms with Crippen LogP contribution in [0.5, 0.6) is 0 Å². The van der Waals surface area contributed by atoms with Gasteiger partial charge in [0.25, 0.3) is 0 Å². The molecule has 0 bridgehead atoms. The molecule has 0 radical (unpaired) electrons. The summed E-state index contributed by atoms with van der Waals surface area (Å²) in [6, 6.07) is 14.5. The van der Waals surface area contributed by atoms with Crippen LogP contribution in [0.4, 0.5) is 10.1 Å². The number of hydrogen-bond donors (Lipinski definition) is 3. The fourth-order valence-electron chi connectivity index (χ4n) is 3.05. The van der Waals surface area contributed by atoms with Gasteiger partial charge in [0.2, 0.25) is 5.91 Å². The van der Waals surface area contributed by atoms with E-state index in [2.05, 4.69) is 26.0 Å². The number of carbonyl (C=O) groups is 1. The third kappa shape index (κ3) is 7.33. The number of nitrogens with zero attached hydrogens (tertiary/aromatic N) is 3. The van der Waals surface area contributed by atoms with Crippen molar-refractivity contribution in [2.75, 3.05) is 12.4 Å². The Labute approximate surface area is 204 Å². The smallest absolute Gasteiger partial charge is 0.246 e. The van der Waals surface area contributed by atoms with E-state index in [0.717, 1.165) is 11.1 Å². The van der Waals surface area contributed by atoms with Crippen LogP contribution in [0.15, 0.2) is 65.9 Å². The van der Waals surface area contributed by atoms with Gasteiger partial charge in [0.1, 0.15) is 12.4 Å². The summed E-state index contributed by atoms with van der Waals surface area (Å²) in [4.78, 5) is 16.4. The lowest BCUT2D eigenvalue weighted by Crippen LogP contribution is -2.38. The molecular formula is C23H28FIN6O. The molecule has 3 rings (SSSR count). The van der Waals surface area contributed by atoms with Crippen LogP contribution in [-0.4, -0.2) is 28.7 Å². The molecule has 0 saturated heterocycles. The maximum Gasteiger partial charge on any atom is 0.246 e. The zero-order valence-corrected chi connectivity index (χ0v) is 20.6. The SMILES string of the molecule is CN=C(NCc1cccc(NC(=O)Cn2cccn2)c1)NC(C)c1ccc(C)c(F)c1.I. The Morgan fingerprint density at radius 1 is 1.22 bits per heavy atom. The van der Waals surface area contributed by atoms with Crippen molar-refractivity contribution in [1.82, 2.24) is 20.4 Å². The quantitative estimate of drug-likeness (QED) is 0.236. The highest BCUT2D eigenvalue weighted by atomic mass is 127. The summed E-state index contributed by atoms with van der Waals surface area (Å²) in [6.07, 6.45) is 3.38. The molecule has 3 N–H and O–H groups in total. The molecule has 1 atom stereocenters. The van der Waals surface area contributed by atoms with Crippen molar-refractivity contribution in [3.05, 3.63) is 83.4 Å². The van der Waals surface area contributed by atoms with Crippen molar-refractivity contribution in [2.45, 2.75) is 33.0 Å². The second-order valence-corrected chi connectivity index (χ2v) is 7.25. The molecule has 2 aromatic carbocycles. The van der Waals surface area contributed by atoms with Crippen molar-refractivity contribution in [3.8, 4) is 0 Å². The number of hydrogen-bond acceptors (Lipinski definition) is 3. The summed E-state index contributed by atoms with van der Waals surface area (Å²) >= 11 is 0. The number of benzene rings is 2. The standard InChI is InChI=1S/C23H27FN6O.HI/c1-16-8-9-19(13-21(16)24)17(2)28-23(25-3)26-14-18-6-4-7-20(12-18)29-22(31)15-30-11-5-10-27-30;/h4-13,17H,14-15H2,1-3H3,(H,29,31)(H2,25,26,28);1H. The lowest BCUT2D eigenvalue weighted by atomic mass is 10.1. The molecule has 0 aliphatic heterocycles. The molecule has 3 aromatic rings. The number of aromatic nitrogens is 2. The van der Waals surface area contributed by atoms with Crippen LogP contribution in [0.25, 0.3) is 0 Å². The Morgan fingerprint density at radius 2 is 2.03 bits per heavy atom. The van der Waals surface area contributed by atoms with E-state index >= 15 is 0 Å². The first-order valence-corrected chi connectivity index (χ1v) is 10.0. The maximum absolute atomic E-state index is 13.9. The molecular weight excluding hydrogens is 522 g/mol. The first kappa shape index (κ1) is 25.3. The zero-order valence-electron chi connectivity index (χ0n) is 18.3. The number of halogens is 2. The van der Waals surface area contributed by atoms with E-state index in [1.54, 1.807) is 43.2 Å². The van der Waals surface area contributed by atoms with Gasteiger partial charge in [-0.25, -0.2) is 4.39 Å². The van der Waals surface area contributed by atoms with Gasteiger partial charge >= 0.3 is 0 Å². The van der Waals surface area contributed by atoms with Gasteiger partial charge in [0, 0.05) is 31.7 Å². The van der Waals surface area contributed by atoms with Crippen molar-refractivity contribution in [3.63, 3.8) is 0 Å². The van der Waals surface area contributed by atoms with E-state index in [-0.39, 0.29) is 48.3 Å². The number of aryl methyl sites for hydroxylation is 1. The normalized spacial score (nSPS) is 11.9. The van der Waals surface area contributed by atoms with Crippen LogP contribution in [0.2, 0.25) is 0 Å². The fourth-order valence-corrected chi connectivity index (χ4v) is 3.05. The molecule has 0 aliphatic rings. The van der Waals surface area contributed by atoms with Gasteiger partial charge in [-0.3, -0.25) is 14.5 Å². The molecule has 9 heteroatoms. The first-order valence-electron chi connectivity index (χ1n) is 10.0. The Bertz CT molecular complexity index is 1050. The van der Waals surface area contributed by atoms with Crippen molar-refractivity contribution >= 4 is 41.5 Å². The molecule has 32 heavy (non-hydrogen) atoms. The number of amides is 1. The largest absolute Gasteiger partial charge is 0.352 e. The number of nitrogens with one attached hydrogen (secondary N) is 3. The molecule has 0 aliphatic carbocycles. The van der Waals surface area contributed by atoms with E-state index < -0.39 is 0 Å². The summed E-state index contributed by atoms with van der Waals surface area (Å²) < 4.78 is 15.4. The predicted molar refractivity (Wildman–Crippen MR) is 136 cm³/mol. The second kappa shape index (κ2) is 12.2. The summed E-state index contributed by atoms with van der Waals surface area (Å²) in [5.74, 6) is 0.229. The van der Waals surface area contributed by atoms with Gasteiger partial charge < -0.3 is 16.0 Å². The summed E-state index contributed by atoms with van der Waals surface area (Å²) in [5.41, 5.74) is 3.15. The zero-order chi connectivity index (χ0) is 22.2. The topological polar surface area (TPSA) is 83.3 Å². The van der Waals surface area contributed by atoms with Crippen molar-refractivity contribution in [2.24, 2.45) is 4.99 Å². The second-order valence-electron chi connectivity index (χ2n) is 7.25. The Balaban J connectivity index is 0.00000363. The molecule has 1 amide bonds. The van der Waals surface area contributed by atoms with Gasteiger partial charge in [-0.05, 0) is 54.8 Å². The molecule has 170 valence electrons. The van der Waals surface area contributed by atoms with Gasteiger partial charge in [0.05, 0.1) is 6.04 Å². The van der Waals surface area contributed by atoms with E-state index in [9.17, 15) is 9.18 Å². The van der Waals surface area contributed by atoms with Crippen LogP contribution in [0.1, 0.15) is 29.7 Å². The maximum atomic E-state index is 13.9. The van der Waals surface area contributed by atoms with Crippen LogP contribution in [0, 0.1) is 12.7 Å². The van der Waals surface area contributed by atoms with Gasteiger partial charge in [-0.1, -0.05) is 24.3 Å². The van der Waals surface area contributed by atoms with Crippen LogP contribution in [0.3, 0.4) is 0 Å². The molecule has 7 nitrogen and oxygen atoms in total. The van der Waals surface area contributed by atoms with Crippen LogP contribution < -0.4 is 16.0 Å². The molecule has 0 saturated carbocycles. The van der Waals surface area contributed by atoms with Gasteiger partial charge in [0.15, 0.2) is 5.96 Å². The third-order valence-corrected chi connectivity index (χ3v) is 4.81. The van der Waals surface area contributed by atoms with Crippen LogP contribution in [-0.2, 0) is 17.9 Å². The van der Waals surface area contributed by atoms with E-state index in [4.69, 9.17) is 0 Å². The lowest BCUT2D eigenvalue weighted by molar-refractivity contribution is -0.116. The number of rotatable bonds is 7. The minimum atomic E-state index is -0.222. The highest BCUT2D eigenvalue weighted by Gasteiger charge is 2.10. The monoisotopic (exact) mass is 550 g/mol. The van der Waals surface area contributed by atoms with E-state index in [1.165, 1.54) is 6.07 Å². The highest BCUT2D eigenvalue weighted by Crippen LogP contribution is 2.16. The summed E-state index contributed by atoms with van der Waals surface area (Å²) in [5, 5.41) is 13.4. The average Bonchev–Trinajstić information content (AvgIpc) is 3.26. The highest BCUT2D eigenvalue weighted by molar-refractivity contribution is 14.0. The summed E-state index contributed by atoms with van der Waals surface area (Å²) in [7, 11) is 1.68. The minimum absolute atomic E-state index is 0. The fraction of sp³-hybridized carbons (Fsp3) is 0.261. The van der Waals surface area contributed by atoms with Gasteiger partial charge in [-0.15, -0.1) is 24.0 Å². The van der Waals surface area contributed by atoms with Crippen molar-refractivity contribution < 1.29 is 9.18 Å². The van der Waals surface area contributed by atoms with E-state index in [1.807, 2.05) is 37.3 Å². The predicted octanol–water partition coefficient (Wildman–Crippen LogP) is 4.01. The number of carbonyl (C=O) groups excluding carboxylic acids is 1. The molecule has 1 unspecified atom stereocenters. The Morgan fingerprint density at radius 3 is 2.72 bits per heavy atom. The van der Waals surface area contributed by atoms with Crippen LogP contribution >= 0.6 is 24.0 Å². The molecule has 1 aromatic heterocycles. The lowest BCUT2D eigenvalue weighted by Gasteiger charge is -2.19. The first-order chi connectivity index (χ1) is 14.9. The summed E-state index contributed by atoms with van der Waals surface area (Å²) in [6.45, 7) is 4.36. The minimum Gasteiger partial charge on any atom is -0.352 e. The number of guanidine groups is 1. The Hall–Kier alpha value is -2.95. The van der Waals surface area contributed by atoms with Crippen molar-refractivity contribution in [1.29, 1.82) is 0 Å². The Kier molecular flexibility index (Phi) is 9.63. The third-order valence-electron chi connectivity index (χ3n) is 4.81.